The number of nitrogens with zero attached hydrogens (tertiary/aromatic N) is 2. The van der Waals surface area contributed by atoms with Gasteiger partial charge in [0.1, 0.15) is 17.3 Å². The van der Waals surface area contributed by atoms with Crippen LogP contribution in [0.25, 0.3) is 16.0 Å². The predicted octanol–water partition coefficient (Wildman–Crippen LogP) is 5.15. The second kappa shape index (κ2) is 9.10. The van der Waals surface area contributed by atoms with Gasteiger partial charge in [-0.25, -0.2) is 4.98 Å². The summed E-state index contributed by atoms with van der Waals surface area (Å²) in [6.07, 6.45) is 4.98. The number of aliphatic hydroxyl groups is 1. The van der Waals surface area contributed by atoms with Gasteiger partial charge in [-0.2, -0.15) is 0 Å². The van der Waals surface area contributed by atoms with Crippen molar-refractivity contribution in [2.75, 3.05) is 19.1 Å². The molecule has 2 heterocycles. The first-order chi connectivity index (χ1) is 16.5. The average Bonchev–Trinajstić information content (AvgIpc) is 3.41. The van der Waals surface area contributed by atoms with E-state index in [-0.39, 0.29) is 17.3 Å². The summed E-state index contributed by atoms with van der Waals surface area (Å²) in [7, 11) is 3.16. The zero-order chi connectivity index (χ0) is 23.8. The molecular formula is C26H26N2O5S. The number of methoxy groups -OCH3 is 2. The topological polar surface area (TPSA) is 89.0 Å². The quantitative estimate of drug-likeness (QED) is 0.310. The number of ether oxygens (including phenoxy) is 2. The lowest BCUT2D eigenvalue weighted by molar-refractivity contribution is -0.132. The molecule has 2 aliphatic rings. The Morgan fingerprint density at radius 2 is 1.68 bits per heavy atom. The van der Waals surface area contributed by atoms with Gasteiger partial charge in [0.25, 0.3) is 5.78 Å². The third-order valence-corrected chi connectivity index (χ3v) is 7.77. The Balaban J connectivity index is 1.63. The van der Waals surface area contributed by atoms with Crippen molar-refractivity contribution in [3.8, 4) is 11.5 Å². The number of Topliss-reactive ketones (excluding diaryl/α,β-unsaturated/α-hetero) is 1. The highest BCUT2D eigenvalue weighted by Crippen LogP contribution is 2.43. The fraction of sp³-hybridized carbons (Fsp3) is 0.346. The van der Waals surface area contributed by atoms with Crippen LogP contribution in [0.1, 0.15) is 37.7 Å². The lowest BCUT2D eigenvalue weighted by Gasteiger charge is -2.32. The first-order valence-corrected chi connectivity index (χ1v) is 12.2. The number of hydrogen-bond donors (Lipinski definition) is 1. The van der Waals surface area contributed by atoms with Crippen LogP contribution in [-0.2, 0) is 9.59 Å². The minimum atomic E-state index is -0.666. The largest absolute Gasteiger partial charge is 0.507 e. The molecule has 5 rings (SSSR count). The van der Waals surface area contributed by atoms with Gasteiger partial charge in [0, 0.05) is 11.6 Å². The van der Waals surface area contributed by atoms with Crippen LogP contribution >= 0.6 is 11.3 Å². The van der Waals surface area contributed by atoms with E-state index in [1.54, 1.807) is 38.5 Å². The molecule has 1 atom stereocenters. The van der Waals surface area contributed by atoms with E-state index in [0.29, 0.717) is 27.7 Å². The zero-order valence-corrected chi connectivity index (χ0v) is 19.9. The second-order valence-corrected chi connectivity index (χ2v) is 9.68. The Bertz CT molecular complexity index is 1270. The SMILES string of the molecule is COc1ccc(C(O)=C2C(=O)C(=O)N(c3nc4cc(OC)ccc4s3)C2C2CCCCC2)cc1. The monoisotopic (exact) mass is 478 g/mol. The van der Waals surface area contributed by atoms with Gasteiger partial charge in [-0.15, -0.1) is 0 Å². The van der Waals surface area contributed by atoms with Crippen molar-refractivity contribution in [3.63, 3.8) is 0 Å². The maximum absolute atomic E-state index is 13.4. The number of carbonyl (C=O) groups excluding carboxylic acids is 2. The van der Waals surface area contributed by atoms with Crippen LogP contribution in [0.4, 0.5) is 5.13 Å². The standard InChI is InChI=1S/C26H26N2O5S/c1-32-17-10-8-16(9-11-17)23(29)21-22(15-6-4-3-5-7-15)28(25(31)24(21)30)26-27-19-14-18(33-2)12-13-20(19)34-26/h8-15,22,29H,3-7H2,1-2H3. The Hall–Kier alpha value is -3.39. The number of fused-ring (bicyclic) bond motifs is 1. The molecule has 1 saturated carbocycles. The number of carbonyl (C=O) groups is 2. The van der Waals surface area contributed by atoms with Gasteiger partial charge in [0.05, 0.1) is 36.1 Å². The van der Waals surface area contributed by atoms with Crippen molar-refractivity contribution < 1.29 is 24.2 Å². The van der Waals surface area contributed by atoms with Crippen molar-refractivity contribution in [1.82, 2.24) is 4.98 Å². The van der Waals surface area contributed by atoms with Gasteiger partial charge in [0.2, 0.25) is 0 Å². The van der Waals surface area contributed by atoms with Crippen LogP contribution in [0, 0.1) is 5.92 Å². The highest BCUT2D eigenvalue weighted by atomic mass is 32.1. The molecule has 3 aromatic rings. The summed E-state index contributed by atoms with van der Waals surface area (Å²) in [5.74, 6) is -0.0687. The molecule has 8 heteroatoms. The lowest BCUT2D eigenvalue weighted by Crippen LogP contribution is -2.40. The number of hydrogen-bond acceptors (Lipinski definition) is 7. The van der Waals surface area contributed by atoms with Crippen LogP contribution in [0.5, 0.6) is 11.5 Å². The van der Waals surface area contributed by atoms with E-state index >= 15 is 0 Å². The molecule has 0 radical (unpaired) electrons. The number of aromatic nitrogens is 1. The van der Waals surface area contributed by atoms with E-state index in [2.05, 4.69) is 0 Å². The molecule has 1 N–H and O–H groups in total. The molecule has 176 valence electrons. The molecule has 2 fully saturated rings. The fourth-order valence-electron chi connectivity index (χ4n) is 4.99. The van der Waals surface area contributed by atoms with E-state index < -0.39 is 17.7 Å². The Kier molecular flexibility index (Phi) is 6.00. The lowest BCUT2D eigenvalue weighted by atomic mass is 9.80. The van der Waals surface area contributed by atoms with Gasteiger partial charge in [-0.3, -0.25) is 14.5 Å². The van der Waals surface area contributed by atoms with Gasteiger partial charge in [0.15, 0.2) is 5.13 Å². The van der Waals surface area contributed by atoms with Gasteiger partial charge in [-0.1, -0.05) is 30.6 Å². The number of ketones is 1. The highest BCUT2D eigenvalue weighted by molar-refractivity contribution is 7.22. The van der Waals surface area contributed by atoms with Gasteiger partial charge in [-0.05, 0) is 55.2 Å². The second-order valence-electron chi connectivity index (χ2n) is 8.67. The number of thiazole rings is 1. The molecular weight excluding hydrogens is 452 g/mol. The summed E-state index contributed by atoms with van der Waals surface area (Å²) in [6, 6.07) is 11.9. The molecule has 1 aliphatic carbocycles. The van der Waals surface area contributed by atoms with Crippen molar-refractivity contribution in [3.05, 3.63) is 53.6 Å². The summed E-state index contributed by atoms with van der Waals surface area (Å²) in [4.78, 5) is 32.9. The molecule has 1 amide bonds. The normalized spacial score (nSPS) is 20.8. The number of anilines is 1. The Labute approximate surface area is 201 Å². The van der Waals surface area contributed by atoms with Crippen molar-refractivity contribution in [2.24, 2.45) is 5.92 Å². The number of aliphatic hydroxyl groups excluding tert-OH is 1. The summed E-state index contributed by atoms with van der Waals surface area (Å²) in [5.41, 5.74) is 1.35. The Morgan fingerprint density at radius 1 is 1.00 bits per heavy atom. The molecule has 0 spiro atoms. The third-order valence-electron chi connectivity index (χ3n) is 6.74. The molecule has 1 saturated heterocycles. The van der Waals surface area contributed by atoms with Crippen molar-refractivity contribution in [1.29, 1.82) is 0 Å². The number of rotatable bonds is 5. The molecule has 1 aromatic heterocycles. The smallest absolute Gasteiger partial charge is 0.301 e. The number of benzene rings is 2. The average molecular weight is 479 g/mol. The van der Waals surface area contributed by atoms with E-state index in [9.17, 15) is 14.7 Å². The summed E-state index contributed by atoms with van der Waals surface area (Å²) in [5, 5.41) is 11.7. The Morgan fingerprint density at radius 3 is 2.35 bits per heavy atom. The summed E-state index contributed by atoms with van der Waals surface area (Å²) >= 11 is 1.37. The van der Waals surface area contributed by atoms with E-state index in [4.69, 9.17) is 14.5 Å². The molecule has 7 nitrogen and oxygen atoms in total. The number of amides is 1. The van der Waals surface area contributed by atoms with Crippen LogP contribution < -0.4 is 14.4 Å². The third kappa shape index (κ3) is 3.81. The predicted molar refractivity (Wildman–Crippen MR) is 132 cm³/mol. The summed E-state index contributed by atoms with van der Waals surface area (Å²) < 4.78 is 11.4. The zero-order valence-electron chi connectivity index (χ0n) is 19.1. The van der Waals surface area contributed by atoms with Crippen LogP contribution in [0.2, 0.25) is 0 Å². The first-order valence-electron chi connectivity index (χ1n) is 11.4. The van der Waals surface area contributed by atoms with Crippen LogP contribution in [0.15, 0.2) is 48.0 Å². The van der Waals surface area contributed by atoms with E-state index in [0.717, 1.165) is 36.8 Å². The summed E-state index contributed by atoms with van der Waals surface area (Å²) in [6.45, 7) is 0. The van der Waals surface area contributed by atoms with Crippen molar-refractivity contribution >= 4 is 44.1 Å². The first kappa shape index (κ1) is 22.4. The fourth-order valence-corrected chi connectivity index (χ4v) is 5.97. The molecule has 1 aliphatic heterocycles. The van der Waals surface area contributed by atoms with E-state index in [1.165, 1.54) is 16.2 Å². The minimum absolute atomic E-state index is 0.0705. The molecule has 2 aromatic carbocycles. The van der Waals surface area contributed by atoms with Crippen molar-refractivity contribution in [2.45, 2.75) is 38.1 Å². The maximum atomic E-state index is 13.4. The molecule has 34 heavy (non-hydrogen) atoms. The maximum Gasteiger partial charge on any atom is 0.301 e. The van der Waals surface area contributed by atoms with Gasteiger partial charge >= 0.3 is 5.91 Å². The van der Waals surface area contributed by atoms with E-state index in [1.807, 2.05) is 18.2 Å². The van der Waals surface area contributed by atoms with Crippen LogP contribution in [-0.4, -0.2) is 42.0 Å². The van der Waals surface area contributed by atoms with Gasteiger partial charge < -0.3 is 14.6 Å². The van der Waals surface area contributed by atoms with Crippen LogP contribution in [0.3, 0.4) is 0 Å². The minimum Gasteiger partial charge on any atom is -0.507 e. The molecule has 1 unspecified atom stereocenters. The molecule has 0 bridgehead atoms. The highest BCUT2D eigenvalue weighted by Gasteiger charge is 2.50.